The summed E-state index contributed by atoms with van der Waals surface area (Å²) in [6.45, 7) is 1.52. The van der Waals surface area contributed by atoms with E-state index in [1.165, 1.54) is 17.0 Å². The van der Waals surface area contributed by atoms with Gasteiger partial charge in [0.05, 0.1) is 0 Å². The molecule has 3 rings (SSSR count). The minimum Gasteiger partial charge on any atom is -0.371 e. The Morgan fingerprint density at radius 2 is 1.81 bits per heavy atom. The fraction of sp³-hybridized carbons (Fsp3) is 0.333. The third kappa shape index (κ3) is 4.32. The van der Waals surface area contributed by atoms with E-state index in [1.807, 2.05) is 12.1 Å². The van der Waals surface area contributed by atoms with Crippen molar-refractivity contribution in [1.29, 1.82) is 0 Å². The van der Waals surface area contributed by atoms with Crippen molar-refractivity contribution in [2.24, 2.45) is 5.92 Å². The predicted molar refractivity (Wildman–Crippen MR) is 99.6 cm³/mol. The molecule has 4 nitrogen and oxygen atoms in total. The van der Waals surface area contributed by atoms with Crippen molar-refractivity contribution in [1.82, 2.24) is 4.90 Å². The second-order valence-corrected chi connectivity index (χ2v) is 6.88. The molecule has 0 bridgehead atoms. The van der Waals surface area contributed by atoms with E-state index in [1.54, 1.807) is 19.2 Å². The summed E-state index contributed by atoms with van der Waals surface area (Å²) in [6, 6.07) is 11.4. The number of hydrogen-bond donors (Lipinski definition) is 0. The summed E-state index contributed by atoms with van der Waals surface area (Å²) in [5, 5.41) is 0. The van der Waals surface area contributed by atoms with Gasteiger partial charge in [-0.3, -0.25) is 9.59 Å². The van der Waals surface area contributed by atoms with E-state index in [0.717, 1.165) is 31.1 Å². The normalized spacial score (nSPS) is 14.9. The Kier molecular flexibility index (Phi) is 5.84. The molecule has 1 saturated heterocycles. The van der Waals surface area contributed by atoms with Crippen LogP contribution in [0.15, 0.2) is 42.5 Å². The Morgan fingerprint density at radius 1 is 1.15 bits per heavy atom. The monoisotopic (exact) mass is 372 g/mol. The molecule has 1 heterocycles. The van der Waals surface area contributed by atoms with Gasteiger partial charge in [0.2, 0.25) is 5.91 Å². The molecule has 6 heteroatoms. The quantitative estimate of drug-likeness (QED) is 0.753. The van der Waals surface area contributed by atoms with Crippen molar-refractivity contribution in [3.63, 3.8) is 0 Å². The van der Waals surface area contributed by atoms with E-state index < -0.39 is 11.6 Å². The Bertz CT molecular complexity index is 815. The molecule has 0 saturated carbocycles. The fourth-order valence-corrected chi connectivity index (χ4v) is 3.46. The van der Waals surface area contributed by atoms with Gasteiger partial charge in [0.15, 0.2) is 11.6 Å². The first-order valence-corrected chi connectivity index (χ1v) is 8.97. The lowest BCUT2D eigenvalue weighted by Crippen LogP contribution is -2.41. The zero-order chi connectivity index (χ0) is 19.4. The van der Waals surface area contributed by atoms with Crippen LogP contribution in [-0.2, 0) is 11.3 Å². The zero-order valence-electron chi connectivity index (χ0n) is 15.2. The van der Waals surface area contributed by atoms with Gasteiger partial charge in [-0.05, 0) is 43.2 Å². The van der Waals surface area contributed by atoms with Gasteiger partial charge in [0.1, 0.15) is 6.29 Å². The highest BCUT2D eigenvalue weighted by Crippen LogP contribution is 2.25. The second-order valence-electron chi connectivity index (χ2n) is 6.88. The summed E-state index contributed by atoms with van der Waals surface area (Å²) < 4.78 is 27.2. The molecule has 0 radical (unpaired) electrons. The van der Waals surface area contributed by atoms with Crippen LogP contribution in [0.5, 0.6) is 0 Å². The summed E-state index contributed by atoms with van der Waals surface area (Å²) in [7, 11) is 1.62. The predicted octanol–water partition coefficient (Wildman–Crippen LogP) is 3.65. The van der Waals surface area contributed by atoms with Gasteiger partial charge < -0.3 is 9.80 Å². The highest BCUT2D eigenvalue weighted by atomic mass is 19.2. The Morgan fingerprint density at radius 3 is 2.44 bits per heavy atom. The number of halogens is 2. The van der Waals surface area contributed by atoms with Crippen LogP contribution in [0.25, 0.3) is 0 Å². The molecular weight excluding hydrogens is 350 g/mol. The number of hydrogen-bond acceptors (Lipinski definition) is 3. The minimum absolute atomic E-state index is 0.0467. The number of nitrogens with zero attached hydrogens (tertiary/aromatic N) is 2. The Hall–Kier alpha value is -2.76. The number of carbonyl (C=O) groups is 2. The highest BCUT2D eigenvalue weighted by Gasteiger charge is 2.27. The van der Waals surface area contributed by atoms with Crippen LogP contribution < -0.4 is 4.90 Å². The van der Waals surface area contributed by atoms with E-state index in [0.29, 0.717) is 18.4 Å². The van der Waals surface area contributed by atoms with Crippen molar-refractivity contribution in [3.05, 3.63) is 65.2 Å². The molecule has 1 aliphatic heterocycles. The molecule has 2 aromatic carbocycles. The summed E-state index contributed by atoms with van der Waals surface area (Å²) in [4.78, 5) is 27.1. The lowest BCUT2D eigenvalue weighted by atomic mass is 9.94. The van der Waals surface area contributed by atoms with Gasteiger partial charge in [0, 0.05) is 49.4 Å². The number of carbonyl (C=O) groups excluding carboxylic acids is 2. The molecule has 0 spiro atoms. The van der Waals surface area contributed by atoms with Gasteiger partial charge in [-0.15, -0.1) is 0 Å². The first-order chi connectivity index (χ1) is 13.0. The minimum atomic E-state index is -0.901. The summed E-state index contributed by atoms with van der Waals surface area (Å²) in [5.74, 6) is -1.97. The Labute approximate surface area is 157 Å². The molecule has 27 heavy (non-hydrogen) atoms. The molecule has 1 amide bonds. The van der Waals surface area contributed by atoms with Gasteiger partial charge in [-0.25, -0.2) is 8.78 Å². The van der Waals surface area contributed by atoms with Gasteiger partial charge in [-0.1, -0.05) is 12.1 Å². The molecule has 0 unspecified atom stereocenters. The Balaban J connectivity index is 1.57. The molecule has 142 valence electrons. The van der Waals surface area contributed by atoms with Crippen LogP contribution in [0.1, 0.15) is 28.8 Å². The smallest absolute Gasteiger partial charge is 0.225 e. The molecular formula is C21H22F2N2O2. The fourth-order valence-electron chi connectivity index (χ4n) is 3.46. The standard InChI is InChI=1S/C21H22F2N2O2/c1-24(13-17-3-2-4-19(22)20(17)23)21(27)16-9-11-25(12-10-16)18-7-5-15(14-26)6-8-18/h2-8,14,16H,9-13H2,1H3. The van der Waals surface area contributed by atoms with Crippen molar-refractivity contribution in [3.8, 4) is 0 Å². The third-order valence-corrected chi connectivity index (χ3v) is 5.05. The van der Waals surface area contributed by atoms with E-state index in [-0.39, 0.29) is 23.9 Å². The topological polar surface area (TPSA) is 40.6 Å². The lowest BCUT2D eigenvalue weighted by molar-refractivity contribution is -0.135. The first-order valence-electron chi connectivity index (χ1n) is 8.97. The van der Waals surface area contributed by atoms with Crippen molar-refractivity contribution in [2.75, 3.05) is 25.0 Å². The maximum atomic E-state index is 13.8. The van der Waals surface area contributed by atoms with Gasteiger partial charge in [0.25, 0.3) is 0 Å². The number of rotatable bonds is 5. The van der Waals surface area contributed by atoms with E-state index in [4.69, 9.17) is 0 Å². The molecule has 0 atom stereocenters. The molecule has 1 aliphatic rings. The number of piperidine rings is 1. The van der Waals surface area contributed by atoms with Crippen LogP contribution in [-0.4, -0.2) is 37.2 Å². The van der Waals surface area contributed by atoms with Crippen LogP contribution in [0.2, 0.25) is 0 Å². The summed E-state index contributed by atoms with van der Waals surface area (Å²) >= 11 is 0. The van der Waals surface area contributed by atoms with Gasteiger partial charge >= 0.3 is 0 Å². The highest BCUT2D eigenvalue weighted by molar-refractivity contribution is 5.79. The van der Waals surface area contributed by atoms with Crippen LogP contribution in [0.3, 0.4) is 0 Å². The summed E-state index contributed by atoms with van der Waals surface area (Å²) in [5.41, 5.74) is 1.84. The van der Waals surface area contributed by atoms with E-state index >= 15 is 0 Å². The number of aldehydes is 1. The molecule has 2 aromatic rings. The molecule has 1 fully saturated rings. The second kappa shape index (κ2) is 8.29. The maximum Gasteiger partial charge on any atom is 0.225 e. The van der Waals surface area contributed by atoms with Crippen LogP contribution in [0, 0.1) is 17.6 Å². The van der Waals surface area contributed by atoms with Crippen LogP contribution >= 0.6 is 0 Å². The number of amides is 1. The molecule has 0 aromatic heterocycles. The third-order valence-electron chi connectivity index (χ3n) is 5.05. The van der Waals surface area contributed by atoms with Crippen molar-refractivity contribution < 1.29 is 18.4 Å². The largest absolute Gasteiger partial charge is 0.371 e. The van der Waals surface area contributed by atoms with Crippen LogP contribution in [0.4, 0.5) is 14.5 Å². The molecule has 0 aliphatic carbocycles. The van der Waals surface area contributed by atoms with Crippen molar-refractivity contribution >= 4 is 17.9 Å². The number of benzene rings is 2. The lowest BCUT2D eigenvalue weighted by Gasteiger charge is -2.34. The average molecular weight is 372 g/mol. The zero-order valence-corrected chi connectivity index (χ0v) is 15.2. The van der Waals surface area contributed by atoms with Gasteiger partial charge in [-0.2, -0.15) is 0 Å². The SMILES string of the molecule is CN(Cc1cccc(F)c1F)C(=O)C1CCN(c2ccc(C=O)cc2)CC1. The van der Waals surface area contributed by atoms with Crippen molar-refractivity contribution in [2.45, 2.75) is 19.4 Å². The summed E-state index contributed by atoms with van der Waals surface area (Å²) in [6.07, 6.45) is 2.21. The average Bonchev–Trinajstić information content (AvgIpc) is 2.71. The van der Waals surface area contributed by atoms with E-state index in [2.05, 4.69) is 4.90 Å². The van der Waals surface area contributed by atoms with E-state index in [9.17, 15) is 18.4 Å². The first kappa shape index (κ1) is 19.0. The molecule has 0 N–H and O–H groups in total. The maximum absolute atomic E-state index is 13.8. The number of anilines is 1.